The first-order valence-corrected chi connectivity index (χ1v) is 7.30. The van der Waals surface area contributed by atoms with Crippen molar-refractivity contribution < 1.29 is 14.6 Å². The summed E-state index contributed by atoms with van der Waals surface area (Å²) in [5.41, 5.74) is 0. The van der Waals surface area contributed by atoms with Gasteiger partial charge in [0.15, 0.2) is 0 Å². The first-order chi connectivity index (χ1) is 9.20. The number of thioether (sulfide) groups is 1. The Bertz CT molecular complexity index is 416. The number of aromatic nitrogens is 1. The van der Waals surface area contributed by atoms with Gasteiger partial charge in [-0.15, -0.1) is 0 Å². The molecule has 1 aliphatic rings. The Morgan fingerprint density at radius 1 is 1.58 bits per heavy atom. The predicted molar refractivity (Wildman–Crippen MR) is 73.0 cm³/mol. The summed E-state index contributed by atoms with van der Waals surface area (Å²) in [7, 11) is 0. The molecule has 0 aliphatic carbocycles. The van der Waals surface area contributed by atoms with Crippen molar-refractivity contribution in [2.45, 2.75) is 24.2 Å². The van der Waals surface area contributed by atoms with Crippen molar-refractivity contribution in [3.05, 3.63) is 24.4 Å². The molecule has 0 aromatic carbocycles. The van der Waals surface area contributed by atoms with Crippen molar-refractivity contribution in [3.63, 3.8) is 0 Å². The summed E-state index contributed by atoms with van der Waals surface area (Å²) in [6.45, 7) is 3.25. The Labute approximate surface area is 117 Å². The van der Waals surface area contributed by atoms with Crippen LogP contribution in [0.1, 0.15) is 6.92 Å². The Morgan fingerprint density at radius 3 is 3.11 bits per heavy atom. The Hall–Kier alpha value is -1.11. The largest absolute Gasteiger partial charge is 0.388 e. The van der Waals surface area contributed by atoms with Crippen molar-refractivity contribution in [1.82, 2.24) is 9.88 Å². The first-order valence-electron chi connectivity index (χ1n) is 6.32. The second-order valence-corrected chi connectivity index (χ2v) is 5.31. The van der Waals surface area contributed by atoms with Crippen LogP contribution in [0.25, 0.3) is 0 Å². The van der Waals surface area contributed by atoms with E-state index in [1.54, 1.807) is 11.1 Å². The Balaban J connectivity index is 1.81. The lowest BCUT2D eigenvalue weighted by molar-refractivity contribution is -0.127. The fourth-order valence-electron chi connectivity index (χ4n) is 2.00. The molecular formula is C13H18N2O3S. The van der Waals surface area contributed by atoms with Gasteiger partial charge in [-0.2, -0.15) is 0 Å². The number of carbonyl (C=O) groups is 1. The maximum Gasteiger partial charge on any atom is 0.233 e. The molecule has 2 heterocycles. The topological polar surface area (TPSA) is 62.7 Å². The lowest BCUT2D eigenvalue weighted by Crippen LogP contribution is -2.31. The van der Waals surface area contributed by atoms with Crippen molar-refractivity contribution in [1.29, 1.82) is 0 Å². The molecule has 1 aromatic heterocycles. The van der Waals surface area contributed by atoms with E-state index in [1.165, 1.54) is 11.8 Å². The number of nitrogens with zero attached hydrogens (tertiary/aromatic N) is 2. The number of hydrogen-bond acceptors (Lipinski definition) is 5. The number of aliphatic hydroxyl groups excluding tert-OH is 1. The van der Waals surface area contributed by atoms with Crippen molar-refractivity contribution in [3.8, 4) is 0 Å². The average molecular weight is 282 g/mol. The van der Waals surface area contributed by atoms with E-state index in [0.29, 0.717) is 25.4 Å². The molecule has 19 heavy (non-hydrogen) atoms. The van der Waals surface area contributed by atoms with Crippen LogP contribution >= 0.6 is 11.8 Å². The van der Waals surface area contributed by atoms with E-state index in [1.807, 2.05) is 25.1 Å². The van der Waals surface area contributed by atoms with Gasteiger partial charge in [0.25, 0.3) is 0 Å². The van der Waals surface area contributed by atoms with Gasteiger partial charge in [-0.1, -0.05) is 17.8 Å². The van der Waals surface area contributed by atoms with Crippen molar-refractivity contribution in [2.24, 2.45) is 0 Å². The number of β-amino-alcohol motifs (C(OH)–C–C–N with tert-alkyl or cyclic N) is 1. The van der Waals surface area contributed by atoms with Crippen LogP contribution in [-0.2, 0) is 9.53 Å². The highest BCUT2D eigenvalue weighted by molar-refractivity contribution is 7.99. The van der Waals surface area contributed by atoms with Gasteiger partial charge in [-0.3, -0.25) is 4.79 Å². The maximum atomic E-state index is 12.0. The third kappa shape index (κ3) is 3.92. The third-order valence-electron chi connectivity index (χ3n) is 2.95. The summed E-state index contributed by atoms with van der Waals surface area (Å²) in [4.78, 5) is 17.8. The number of aliphatic hydroxyl groups is 1. The van der Waals surface area contributed by atoms with Crippen LogP contribution in [0.15, 0.2) is 29.4 Å². The Kier molecular flexibility index (Phi) is 5.18. The number of carbonyl (C=O) groups excluding carboxylic acids is 1. The molecule has 1 aliphatic heterocycles. The predicted octanol–water partition coefficient (Wildman–Crippen LogP) is 0.782. The quantitative estimate of drug-likeness (QED) is 0.809. The standard InChI is InChI=1S/C13H18N2O3S/c1-2-18-11-8-15(7-10(11)16)13(17)9-19-12-5-3-4-6-14-12/h3-6,10-11,16H,2,7-9H2,1H3/t10-,11-/m0/s1. The van der Waals surface area contributed by atoms with E-state index < -0.39 is 6.10 Å². The maximum absolute atomic E-state index is 12.0. The number of ether oxygens (including phenoxy) is 1. The van der Waals surface area contributed by atoms with E-state index in [0.717, 1.165) is 5.03 Å². The van der Waals surface area contributed by atoms with Crippen LogP contribution in [-0.4, -0.2) is 58.6 Å². The van der Waals surface area contributed by atoms with E-state index in [-0.39, 0.29) is 12.0 Å². The van der Waals surface area contributed by atoms with Crippen LogP contribution in [0.5, 0.6) is 0 Å². The molecule has 0 spiro atoms. The van der Waals surface area contributed by atoms with Crippen molar-refractivity contribution >= 4 is 17.7 Å². The highest BCUT2D eigenvalue weighted by atomic mass is 32.2. The monoisotopic (exact) mass is 282 g/mol. The zero-order chi connectivity index (χ0) is 13.7. The number of rotatable bonds is 5. The molecule has 1 fully saturated rings. The molecule has 1 saturated heterocycles. The van der Waals surface area contributed by atoms with Gasteiger partial charge in [0, 0.05) is 25.9 Å². The third-order valence-corrected chi connectivity index (χ3v) is 3.88. The van der Waals surface area contributed by atoms with Crippen molar-refractivity contribution in [2.75, 3.05) is 25.4 Å². The molecule has 1 N–H and O–H groups in total. The minimum Gasteiger partial charge on any atom is -0.388 e. The molecule has 0 bridgehead atoms. The number of pyridine rings is 1. The average Bonchev–Trinajstić information content (AvgIpc) is 2.79. The van der Waals surface area contributed by atoms with Crippen LogP contribution < -0.4 is 0 Å². The number of hydrogen-bond donors (Lipinski definition) is 1. The fourth-order valence-corrected chi connectivity index (χ4v) is 2.76. The molecule has 2 atom stereocenters. The number of amides is 1. The fraction of sp³-hybridized carbons (Fsp3) is 0.538. The van der Waals surface area contributed by atoms with Crippen LogP contribution in [0.4, 0.5) is 0 Å². The first kappa shape index (κ1) is 14.3. The molecule has 104 valence electrons. The molecule has 1 amide bonds. The minimum absolute atomic E-state index is 0.0110. The van der Waals surface area contributed by atoms with Gasteiger partial charge < -0.3 is 14.7 Å². The summed E-state index contributed by atoms with van der Waals surface area (Å²) in [5, 5.41) is 10.6. The molecule has 2 rings (SSSR count). The lowest BCUT2D eigenvalue weighted by atomic mass is 10.3. The SMILES string of the molecule is CCO[C@H]1CN(C(=O)CSc2ccccn2)C[C@@H]1O. The molecule has 1 aromatic rings. The minimum atomic E-state index is -0.580. The molecule has 5 nitrogen and oxygen atoms in total. The zero-order valence-electron chi connectivity index (χ0n) is 10.9. The van der Waals surface area contributed by atoms with Gasteiger partial charge in [0.05, 0.1) is 16.9 Å². The van der Waals surface area contributed by atoms with Crippen LogP contribution in [0, 0.1) is 0 Å². The van der Waals surface area contributed by atoms with Crippen LogP contribution in [0.3, 0.4) is 0 Å². The Morgan fingerprint density at radius 2 is 2.42 bits per heavy atom. The summed E-state index contributed by atoms with van der Waals surface area (Å²) in [5.74, 6) is 0.347. The van der Waals surface area contributed by atoms with Gasteiger partial charge in [0.2, 0.25) is 5.91 Å². The normalized spacial score (nSPS) is 22.7. The van der Waals surface area contributed by atoms with Gasteiger partial charge in [-0.25, -0.2) is 4.98 Å². The number of likely N-dealkylation sites (tertiary alicyclic amines) is 1. The summed E-state index contributed by atoms with van der Waals surface area (Å²) >= 11 is 1.41. The summed E-state index contributed by atoms with van der Waals surface area (Å²) in [6.07, 6.45) is 0.870. The summed E-state index contributed by atoms with van der Waals surface area (Å²) in [6, 6.07) is 5.61. The van der Waals surface area contributed by atoms with Gasteiger partial charge in [0.1, 0.15) is 6.10 Å². The van der Waals surface area contributed by atoms with E-state index in [2.05, 4.69) is 4.98 Å². The lowest BCUT2D eigenvalue weighted by Gasteiger charge is -2.15. The summed E-state index contributed by atoms with van der Waals surface area (Å²) < 4.78 is 5.40. The second-order valence-electron chi connectivity index (χ2n) is 4.32. The van der Waals surface area contributed by atoms with E-state index in [9.17, 15) is 9.90 Å². The van der Waals surface area contributed by atoms with E-state index >= 15 is 0 Å². The van der Waals surface area contributed by atoms with E-state index in [4.69, 9.17) is 4.74 Å². The highest BCUT2D eigenvalue weighted by Crippen LogP contribution is 2.18. The molecule has 0 saturated carbocycles. The molecule has 0 radical (unpaired) electrons. The highest BCUT2D eigenvalue weighted by Gasteiger charge is 2.34. The molecular weight excluding hydrogens is 264 g/mol. The van der Waals surface area contributed by atoms with Crippen LogP contribution in [0.2, 0.25) is 0 Å². The zero-order valence-corrected chi connectivity index (χ0v) is 11.7. The smallest absolute Gasteiger partial charge is 0.233 e. The molecule has 0 unspecified atom stereocenters. The van der Waals surface area contributed by atoms with Gasteiger partial charge in [-0.05, 0) is 19.1 Å². The molecule has 6 heteroatoms. The second kappa shape index (κ2) is 6.88. The van der Waals surface area contributed by atoms with Gasteiger partial charge >= 0.3 is 0 Å².